The van der Waals surface area contributed by atoms with Gasteiger partial charge in [-0.05, 0) is 17.8 Å². The molecule has 0 aromatic rings. The Morgan fingerprint density at radius 1 is 1.42 bits per heavy atom. The molecule has 0 aliphatic heterocycles. The van der Waals surface area contributed by atoms with E-state index in [2.05, 4.69) is 20.8 Å². The molecule has 2 N–H and O–H groups in total. The second-order valence-electron chi connectivity index (χ2n) is 5.16. The first kappa shape index (κ1) is 8.24. The van der Waals surface area contributed by atoms with Gasteiger partial charge in [0.05, 0.1) is 0 Å². The van der Waals surface area contributed by atoms with Crippen LogP contribution >= 0.6 is 0 Å². The van der Waals surface area contributed by atoms with E-state index in [9.17, 15) is 4.79 Å². The third-order valence-corrected chi connectivity index (χ3v) is 4.53. The molecule has 0 amide bonds. The molecule has 0 radical (unpaired) electrons. The Kier molecular flexibility index (Phi) is 1.32. The van der Waals surface area contributed by atoms with E-state index < -0.39 is 0 Å². The van der Waals surface area contributed by atoms with Crippen molar-refractivity contribution in [2.75, 3.05) is 0 Å². The topological polar surface area (TPSA) is 43.1 Å². The standard InChI is InChI=1S/C10H17NO/c1-9(2)6-4-8(12)10(9,3)5-7(6)11/h6-7H,4-5,11H2,1-3H3. The second kappa shape index (κ2) is 1.92. The van der Waals surface area contributed by atoms with Gasteiger partial charge in [-0.1, -0.05) is 20.8 Å². The fraction of sp³-hybridized carbons (Fsp3) is 0.900. The highest BCUT2D eigenvalue weighted by Crippen LogP contribution is 2.62. The van der Waals surface area contributed by atoms with Gasteiger partial charge in [-0.15, -0.1) is 0 Å². The predicted molar refractivity (Wildman–Crippen MR) is 47.6 cm³/mol. The summed E-state index contributed by atoms with van der Waals surface area (Å²) >= 11 is 0. The SMILES string of the molecule is CC12CC(N)C(CC1=O)C2(C)C. The summed E-state index contributed by atoms with van der Waals surface area (Å²) in [6, 6.07) is 0.252. The molecular formula is C10H17NO. The molecule has 2 fully saturated rings. The minimum Gasteiger partial charge on any atom is -0.327 e. The molecule has 0 spiro atoms. The maximum Gasteiger partial charge on any atom is 0.139 e. The number of carbonyl (C=O) groups excluding carboxylic acids is 1. The molecule has 2 bridgehead atoms. The van der Waals surface area contributed by atoms with Gasteiger partial charge in [0.2, 0.25) is 0 Å². The van der Waals surface area contributed by atoms with Crippen LogP contribution in [0.1, 0.15) is 33.6 Å². The zero-order chi connectivity index (χ0) is 9.15. The van der Waals surface area contributed by atoms with Gasteiger partial charge >= 0.3 is 0 Å². The Morgan fingerprint density at radius 2 is 2.00 bits per heavy atom. The van der Waals surface area contributed by atoms with Crippen molar-refractivity contribution in [1.82, 2.24) is 0 Å². The van der Waals surface area contributed by atoms with E-state index in [4.69, 9.17) is 5.73 Å². The first-order valence-corrected chi connectivity index (χ1v) is 4.68. The Hall–Kier alpha value is -0.370. The van der Waals surface area contributed by atoms with Crippen LogP contribution in [0, 0.1) is 16.7 Å². The van der Waals surface area contributed by atoms with Crippen LogP contribution in [0.3, 0.4) is 0 Å². The molecule has 0 aromatic heterocycles. The monoisotopic (exact) mass is 167 g/mol. The van der Waals surface area contributed by atoms with Crippen LogP contribution in [0.5, 0.6) is 0 Å². The lowest BCUT2D eigenvalue weighted by atomic mass is 9.70. The average Bonchev–Trinajstić information content (AvgIpc) is 2.18. The van der Waals surface area contributed by atoms with Crippen molar-refractivity contribution in [3.8, 4) is 0 Å². The molecule has 68 valence electrons. The van der Waals surface area contributed by atoms with Crippen molar-refractivity contribution < 1.29 is 4.79 Å². The van der Waals surface area contributed by atoms with Crippen molar-refractivity contribution in [3.05, 3.63) is 0 Å². The zero-order valence-electron chi connectivity index (χ0n) is 8.05. The van der Waals surface area contributed by atoms with Crippen LogP contribution in [0.4, 0.5) is 0 Å². The number of rotatable bonds is 0. The molecule has 2 saturated carbocycles. The highest BCUT2D eigenvalue weighted by molar-refractivity contribution is 5.89. The fourth-order valence-corrected chi connectivity index (χ4v) is 3.13. The average molecular weight is 167 g/mol. The van der Waals surface area contributed by atoms with E-state index in [0.29, 0.717) is 18.1 Å². The maximum absolute atomic E-state index is 11.7. The minimum atomic E-state index is -0.128. The van der Waals surface area contributed by atoms with Gasteiger partial charge in [0, 0.05) is 17.9 Å². The molecule has 2 aliphatic carbocycles. The van der Waals surface area contributed by atoms with E-state index >= 15 is 0 Å². The zero-order valence-corrected chi connectivity index (χ0v) is 8.05. The minimum absolute atomic E-state index is 0.128. The van der Waals surface area contributed by atoms with E-state index in [1.807, 2.05) is 0 Å². The highest BCUT2D eigenvalue weighted by Gasteiger charge is 2.64. The van der Waals surface area contributed by atoms with Crippen LogP contribution < -0.4 is 5.73 Å². The van der Waals surface area contributed by atoms with Crippen LogP contribution in [-0.4, -0.2) is 11.8 Å². The van der Waals surface area contributed by atoms with E-state index in [-0.39, 0.29) is 16.9 Å². The number of nitrogens with two attached hydrogens (primary N) is 1. The molecule has 12 heavy (non-hydrogen) atoms. The lowest BCUT2D eigenvalue weighted by Gasteiger charge is -2.32. The summed E-state index contributed by atoms with van der Waals surface area (Å²) in [6.07, 6.45) is 1.61. The molecule has 2 heteroatoms. The van der Waals surface area contributed by atoms with Crippen LogP contribution in [0.15, 0.2) is 0 Å². The first-order valence-electron chi connectivity index (χ1n) is 4.68. The summed E-state index contributed by atoms with van der Waals surface area (Å²) in [4.78, 5) is 11.7. The third-order valence-electron chi connectivity index (χ3n) is 4.53. The van der Waals surface area contributed by atoms with Gasteiger partial charge in [-0.3, -0.25) is 4.79 Å². The Labute approximate surface area is 73.5 Å². The molecule has 0 heterocycles. The number of hydrogen-bond acceptors (Lipinski definition) is 2. The molecule has 0 aromatic carbocycles. The van der Waals surface area contributed by atoms with Gasteiger partial charge in [0.25, 0.3) is 0 Å². The summed E-state index contributed by atoms with van der Waals surface area (Å²) in [5, 5.41) is 0. The van der Waals surface area contributed by atoms with Crippen LogP contribution in [0.25, 0.3) is 0 Å². The lowest BCUT2D eigenvalue weighted by molar-refractivity contribution is -0.128. The van der Waals surface area contributed by atoms with E-state index in [0.717, 1.165) is 6.42 Å². The van der Waals surface area contributed by atoms with Gasteiger partial charge in [0.1, 0.15) is 5.78 Å². The van der Waals surface area contributed by atoms with E-state index in [1.165, 1.54) is 0 Å². The van der Waals surface area contributed by atoms with E-state index in [1.54, 1.807) is 0 Å². The summed E-state index contributed by atoms with van der Waals surface area (Å²) < 4.78 is 0. The van der Waals surface area contributed by atoms with Crippen LogP contribution in [-0.2, 0) is 4.79 Å². The summed E-state index contributed by atoms with van der Waals surface area (Å²) in [7, 11) is 0. The molecule has 2 nitrogen and oxygen atoms in total. The third kappa shape index (κ3) is 0.634. The van der Waals surface area contributed by atoms with Crippen molar-refractivity contribution >= 4 is 5.78 Å². The summed E-state index contributed by atoms with van der Waals surface area (Å²) in [6.45, 7) is 6.47. The molecule has 0 saturated heterocycles. The van der Waals surface area contributed by atoms with Gasteiger partial charge < -0.3 is 5.73 Å². The molecular weight excluding hydrogens is 150 g/mol. The molecule has 2 rings (SSSR count). The van der Waals surface area contributed by atoms with Gasteiger partial charge in [-0.2, -0.15) is 0 Å². The van der Waals surface area contributed by atoms with Crippen molar-refractivity contribution in [1.29, 1.82) is 0 Å². The van der Waals surface area contributed by atoms with Crippen molar-refractivity contribution in [3.63, 3.8) is 0 Å². The summed E-state index contributed by atoms with van der Waals surface area (Å²) in [5.41, 5.74) is 5.99. The largest absolute Gasteiger partial charge is 0.327 e. The van der Waals surface area contributed by atoms with Crippen LogP contribution in [0.2, 0.25) is 0 Å². The quantitative estimate of drug-likeness (QED) is 0.591. The van der Waals surface area contributed by atoms with Crippen molar-refractivity contribution in [2.45, 2.75) is 39.7 Å². The molecule has 3 unspecified atom stereocenters. The Bertz CT molecular complexity index is 246. The number of carbonyl (C=O) groups is 1. The predicted octanol–water partition coefficient (Wildman–Crippen LogP) is 1.34. The molecule has 3 atom stereocenters. The van der Waals surface area contributed by atoms with Gasteiger partial charge in [-0.25, -0.2) is 0 Å². The summed E-state index contributed by atoms with van der Waals surface area (Å²) in [5.74, 6) is 0.856. The smallest absolute Gasteiger partial charge is 0.139 e. The maximum atomic E-state index is 11.7. The number of hydrogen-bond donors (Lipinski definition) is 1. The first-order chi connectivity index (χ1) is 5.39. The van der Waals surface area contributed by atoms with Gasteiger partial charge in [0.15, 0.2) is 0 Å². The Balaban J connectivity index is 2.47. The normalized spacial score (nSPS) is 50.2. The van der Waals surface area contributed by atoms with Crippen molar-refractivity contribution in [2.24, 2.45) is 22.5 Å². The highest BCUT2D eigenvalue weighted by atomic mass is 16.1. The number of fused-ring (bicyclic) bond motifs is 2. The Morgan fingerprint density at radius 3 is 2.25 bits per heavy atom. The number of ketones is 1. The molecule has 2 aliphatic rings. The number of Topliss-reactive ketones (excluding diaryl/α,β-unsaturated/α-hetero) is 1. The lowest BCUT2D eigenvalue weighted by Crippen LogP contribution is -2.34. The second-order valence-corrected chi connectivity index (χ2v) is 5.16. The fourth-order valence-electron chi connectivity index (χ4n) is 3.13.